The van der Waals surface area contributed by atoms with E-state index >= 15 is 0 Å². The van der Waals surface area contributed by atoms with Crippen LogP contribution in [0, 0.1) is 12.7 Å². The van der Waals surface area contributed by atoms with Crippen molar-refractivity contribution in [2.24, 2.45) is 0 Å². The van der Waals surface area contributed by atoms with Gasteiger partial charge in [-0.3, -0.25) is 0 Å². The first-order valence-corrected chi connectivity index (χ1v) is 7.15. The average Bonchev–Trinajstić information content (AvgIpc) is 2.87. The summed E-state index contributed by atoms with van der Waals surface area (Å²) in [5, 5.41) is 9.39. The van der Waals surface area contributed by atoms with E-state index in [-0.39, 0.29) is 0 Å². The number of aryl methyl sites for hydroxylation is 1. The fraction of sp³-hybridized carbons (Fsp3) is 0.176. The molecule has 3 aromatic rings. The molecule has 1 heterocycles. The van der Waals surface area contributed by atoms with Gasteiger partial charge in [-0.1, -0.05) is 12.1 Å². The van der Waals surface area contributed by atoms with Crippen LogP contribution in [0.2, 0.25) is 0 Å². The van der Waals surface area contributed by atoms with E-state index in [1.807, 2.05) is 19.1 Å². The standard InChI is InChI=1S/C17H16FN3O2/c1-9-3-4-11(7-13(9)19)16-20-14-8-12(18)5-6-15(14)21(16)10(2)17(22)23/h3-8,10H,19H2,1-2H3,(H,22,23). The maximum atomic E-state index is 13.5. The lowest BCUT2D eigenvalue weighted by molar-refractivity contribution is -0.140. The molecule has 6 heteroatoms. The molecule has 0 fully saturated rings. The van der Waals surface area contributed by atoms with Gasteiger partial charge in [0.2, 0.25) is 0 Å². The minimum absolute atomic E-state index is 0.409. The van der Waals surface area contributed by atoms with Crippen LogP contribution in [0.15, 0.2) is 36.4 Å². The number of halogens is 1. The van der Waals surface area contributed by atoms with Crippen molar-refractivity contribution in [3.63, 3.8) is 0 Å². The summed E-state index contributed by atoms with van der Waals surface area (Å²) in [4.78, 5) is 15.9. The quantitative estimate of drug-likeness (QED) is 0.726. The van der Waals surface area contributed by atoms with Gasteiger partial charge in [-0.05, 0) is 37.6 Å². The van der Waals surface area contributed by atoms with Crippen molar-refractivity contribution in [1.29, 1.82) is 0 Å². The molecule has 5 nitrogen and oxygen atoms in total. The summed E-state index contributed by atoms with van der Waals surface area (Å²) in [6.07, 6.45) is 0. The SMILES string of the molecule is Cc1ccc(-c2nc3cc(F)ccc3n2C(C)C(=O)O)cc1N. The van der Waals surface area contributed by atoms with E-state index < -0.39 is 17.8 Å². The number of aromatic nitrogens is 2. The van der Waals surface area contributed by atoms with E-state index in [4.69, 9.17) is 5.73 Å². The normalized spacial score (nSPS) is 12.5. The fourth-order valence-corrected chi connectivity index (χ4v) is 2.56. The molecule has 1 atom stereocenters. The highest BCUT2D eigenvalue weighted by Crippen LogP contribution is 2.30. The molecule has 0 saturated heterocycles. The number of hydrogen-bond acceptors (Lipinski definition) is 3. The van der Waals surface area contributed by atoms with Crippen LogP contribution in [-0.2, 0) is 4.79 Å². The van der Waals surface area contributed by atoms with Crippen LogP contribution in [-0.4, -0.2) is 20.6 Å². The monoisotopic (exact) mass is 313 g/mol. The van der Waals surface area contributed by atoms with Gasteiger partial charge < -0.3 is 15.4 Å². The Morgan fingerprint density at radius 2 is 2.04 bits per heavy atom. The third-order valence-electron chi connectivity index (χ3n) is 3.93. The van der Waals surface area contributed by atoms with Crippen LogP contribution < -0.4 is 5.73 Å². The van der Waals surface area contributed by atoms with Crippen LogP contribution in [0.25, 0.3) is 22.4 Å². The zero-order valence-electron chi connectivity index (χ0n) is 12.7. The minimum Gasteiger partial charge on any atom is -0.480 e. The highest BCUT2D eigenvalue weighted by molar-refractivity contribution is 5.84. The first kappa shape index (κ1) is 15.0. The Balaban J connectivity index is 2.32. The maximum Gasteiger partial charge on any atom is 0.326 e. The molecule has 0 amide bonds. The van der Waals surface area contributed by atoms with Gasteiger partial charge in [0.25, 0.3) is 0 Å². The van der Waals surface area contributed by atoms with Gasteiger partial charge >= 0.3 is 5.97 Å². The van der Waals surface area contributed by atoms with Gasteiger partial charge in [0.1, 0.15) is 17.7 Å². The summed E-state index contributed by atoms with van der Waals surface area (Å²) in [6.45, 7) is 3.45. The summed E-state index contributed by atoms with van der Waals surface area (Å²) in [5.74, 6) is -0.956. The Morgan fingerprint density at radius 1 is 1.30 bits per heavy atom. The predicted molar refractivity (Wildman–Crippen MR) is 86.6 cm³/mol. The lowest BCUT2D eigenvalue weighted by Gasteiger charge is -2.14. The summed E-state index contributed by atoms with van der Waals surface area (Å²) >= 11 is 0. The number of fused-ring (bicyclic) bond motifs is 1. The number of carbonyl (C=O) groups is 1. The molecule has 3 rings (SSSR count). The molecule has 0 saturated carbocycles. The molecule has 3 N–H and O–H groups in total. The van der Waals surface area contributed by atoms with E-state index in [9.17, 15) is 14.3 Å². The van der Waals surface area contributed by atoms with Gasteiger partial charge in [-0.25, -0.2) is 14.2 Å². The molecule has 0 radical (unpaired) electrons. The molecule has 118 valence electrons. The first-order valence-electron chi connectivity index (χ1n) is 7.15. The zero-order chi connectivity index (χ0) is 16.7. The second-order valence-electron chi connectivity index (χ2n) is 5.52. The second-order valence-corrected chi connectivity index (χ2v) is 5.52. The molecular formula is C17H16FN3O2. The Hall–Kier alpha value is -2.89. The van der Waals surface area contributed by atoms with Crippen molar-refractivity contribution in [1.82, 2.24) is 9.55 Å². The van der Waals surface area contributed by atoms with Crippen LogP contribution in [0.5, 0.6) is 0 Å². The maximum absolute atomic E-state index is 13.5. The lowest BCUT2D eigenvalue weighted by atomic mass is 10.1. The van der Waals surface area contributed by atoms with E-state index in [0.29, 0.717) is 28.1 Å². The minimum atomic E-state index is -0.991. The van der Waals surface area contributed by atoms with Gasteiger partial charge in [-0.15, -0.1) is 0 Å². The number of imidazole rings is 1. The van der Waals surface area contributed by atoms with E-state index in [0.717, 1.165) is 5.56 Å². The summed E-state index contributed by atoms with van der Waals surface area (Å²) in [6, 6.07) is 8.71. The van der Waals surface area contributed by atoms with Gasteiger partial charge in [-0.2, -0.15) is 0 Å². The van der Waals surface area contributed by atoms with Crippen molar-refractivity contribution < 1.29 is 14.3 Å². The van der Waals surface area contributed by atoms with Crippen molar-refractivity contribution in [2.75, 3.05) is 5.73 Å². The smallest absolute Gasteiger partial charge is 0.326 e. The van der Waals surface area contributed by atoms with Crippen molar-refractivity contribution in [3.8, 4) is 11.4 Å². The molecule has 1 unspecified atom stereocenters. The topological polar surface area (TPSA) is 81.1 Å². The largest absolute Gasteiger partial charge is 0.480 e. The van der Waals surface area contributed by atoms with Crippen molar-refractivity contribution >= 4 is 22.7 Å². The first-order chi connectivity index (χ1) is 10.9. The Morgan fingerprint density at radius 3 is 2.70 bits per heavy atom. The van der Waals surface area contributed by atoms with Crippen LogP contribution in [0.3, 0.4) is 0 Å². The number of aliphatic carboxylic acids is 1. The molecule has 0 aliphatic rings. The zero-order valence-corrected chi connectivity index (χ0v) is 12.7. The van der Waals surface area contributed by atoms with Gasteiger partial charge in [0.15, 0.2) is 0 Å². The summed E-state index contributed by atoms with van der Waals surface area (Å²) < 4.78 is 15.1. The van der Waals surface area contributed by atoms with E-state index in [2.05, 4.69) is 4.98 Å². The Kier molecular flexibility index (Phi) is 3.52. The number of nitrogens with two attached hydrogens (primary N) is 1. The predicted octanol–water partition coefficient (Wildman–Crippen LogP) is 3.38. The number of nitrogen functional groups attached to an aromatic ring is 1. The molecule has 0 aliphatic heterocycles. The number of carboxylic acid groups (broad SMARTS) is 1. The third kappa shape index (κ3) is 2.52. The molecule has 0 spiro atoms. The Labute approximate surface area is 132 Å². The second kappa shape index (κ2) is 5.39. The number of anilines is 1. The van der Waals surface area contributed by atoms with Crippen molar-refractivity contribution in [3.05, 3.63) is 47.8 Å². The van der Waals surface area contributed by atoms with Crippen molar-refractivity contribution in [2.45, 2.75) is 19.9 Å². The fourth-order valence-electron chi connectivity index (χ4n) is 2.56. The number of nitrogens with zero attached hydrogens (tertiary/aromatic N) is 2. The highest BCUT2D eigenvalue weighted by Gasteiger charge is 2.22. The summed E-state index contributed by atoms with van der Waals surface area (Å²) in [5.41, 5.74) is 9.13. The molecule has 1 aromatic heterocycles. The number of hydrogen-bond donors (Lipinski definition) is 2. The lowest BCUT2D eigenvalue weighted by Crippen LogP contribution is -2.16. The number of rotatable bonds is 3. The molecule has 2 aromatic carbocycles. The van der Waals surface area contributed by atoms with Crippen LogP contribution >= 0.6 is 0 Å². The number of carboxylic acids is 1. The average molecular weight is 313 g/mol. The highest BCUT2D eigenvalue weighted by atomic mass is 19.1. The molecular weight excluding hydrogens is 297 g/mol. The van der Waals surface area contributed by atoms with Crippen LogP contribution in [0.4, 0.5) is 10.1 Å². The number of benzene rings is 2. The molecule has 0 aliphatic carbocycles. The van der Waals surface area contributed by atoms with Gasteiger partial charge in [0.05, 0.1) is 11.0 Å². The van der Waals surface area contributed by atoms with E-state index in [1.165, 1.54) is 18.2 Å². The van der Waals surface area contributed by atoms with Crippen LogP contribution in [0.1, 0.15) is 18.5 Å². The van der Waals surface area contributed by atoms with Gasteiger partial charge in [0, 0.05) is 17.3 Å². The molecule has 0 bridgehead atoms. The third-order valence-corrected chi connectivity index (χ3v) is 3.93. The van der Waals surface area contributed by atoms with E-state index in [1.54, 1.807) is 17.6 Å². The summed E-state index contributed by atoms with van der Waals surface area (Å²) in [7, 11) is 0. The molecule has 23 heavy (non-hydrogen) atoms. The Bertz CT molecular complexity index is 918.